The molecule has 8 heteroatoms. The first kappa shape index (κ1) is 23.4. The minimum absolute atomic E-state index is 0. The fourth-order valence-electron chi connectivity index (χ4n) is 4.01. The van der Waals surface area contributed by atoms with Gasteiger partial charge in [0.2, 0.25) is 0 Å². The highest BCUT2D eigenvalue weighted by Gasteiger charge is 2.43. The Kier molecular flexibility index (Phi) is 6.62. The van der Waals surface area contributed by atoms with Crippen LogP contribution >= 0.6 is 0 Å². The maximum Gasteiger partial charge on any atom is 0.338 e. The second-order valence-electron chi connectivity index (χ2n) is 8.30. The summed E-state index contributed by atoms with van der Waals surface area (Å²) in [7, 11) is 2.91. The number of Topliss-reactive ketones (excluding diaryl/α,β-unsaturated/α-hetero) is 1. The van der Waals surface area contributed by atoms with Gasteiger partial charge in [0.25, 0.3) is 0 Å². The molecule has 0 saturated carbocycles. The van der Waals surface area contributed by atoms with Crippen LogP contribution < -0.4 is 5.32 Å². The van der Waals surface area contributed by atoms with Crippen molar-refractivity contribution in [2.24, 2.45) is 12.5 Å². The van der Waals surface area contributed by atoms with Crippen molar-refractivity contribution in [1.82, 2.24) is 14.8 Å². The van der Waals surface area contributed by atoms with Gasteiger partial charge in [0.15, 0.2) is 5.78 Å². The molecule has 2 heterocycles. The van der Waals surface area contributed by atoms with Gasteiger partial charge in [0.05, 0.1) is 24.3 Å². The summed E-state index contributed by atoms with van der Waals surface area (Å²) in [5, 5.41) is 7.39. The van der Waals surface area contributed by atoms with Crippen LogP contribution in [-0.4, -0.2) is 39.7 Å². The predicted octanol–water partition coefficient (Wildman–Crippen LogP) is 4.69. The van der Waals surface area contributed by atoms with Crippen LogP contribution in [-0.2, 0) is 11.8 Å². The summed E-state index contributed by atoms with van der Waals surface area (Å²) in [6.45, 7) is 8.26. The van der Waals surface area contributed by atoms with E-state index in [9.17, 15) is 14.0 Å². The first-order valence-electron chi connectivity index (χ1n) is 10.7. The van der Waals surface area contributed by atoms with Gasteiger partial charge in [-0.1, -0.05) is 45.9 Å². The zero-order valence-corrected chi connectivity index (χ0v) is 19.3. The Bertz CT molecular complexity index is 1110. The molecular formula is C24H31FN4O3. The Morgan fingerprint density at radius 3 is 2.62 bits per heavy atom. The molecule has 0 saturated heterocycles. The standard InChI is InChI=1S/C22H23FN4O3.C2H6.H2/c1-22(2)7-5-12(6-8-22)18-17(20-24-11-25-27(20)3)19(28)16-14(21(29)30-4)9-13(23)10-15(16)26-18;1-2;/h5-7,9-11,17-18,26H,8H2,1-4H3;1-2H3;1H. The second-order valence-corrected chi connectivity index (χ2v) is 8.30. The third-order valence-corrected chi connectivity index (χ3v) is 5.66. The summed E-state index contributed by atoms with van der Waals surface area (Å²) in [4.78, 5) is 30.3. The fourth-order valence-corrected chi connectivity index (χ4v) is 4.01. The van der Waals surface area contributed by atoms with E-state index in [1.807, 2.05) is 19.9 Å². The SMILES string of the molecule is CC.COC(=O)c1cc(F)cc2c1C(=O)C(c1ncnn1C)C(C1=CCC(C)(C)C=C1)N2.[HH]. The van der Waals surface area contributed by atoms with Crippen molar-refractivity contribution >= 4 is 17.4 Å². The summed E-state index contributed by atoms with van der Waals surface area (Å²) >= 11 is 0. The molecule has 2 atom stereocenters. The van der Waals surface area contributed by atoms with Crippen LogP contribution in [0.3, 0.4) is 0 Å². The molecule has 1 aromatic carbocycles. The molecule has 7 nitrogen and oxygen atoms in total. The highest BCUT2D eigenvalue weighted by molar-refractivity contribution is 6.14. The number of aryl methyl sites for hydroxylation is 1. The number of carbonyl (C=O) groups is 2. The molecule has 2 aromatic rings. The summed E-state index contributed by atoms with van der Waals surface area (Å²) < 4.78 is 20.6. The fraction of sp³-hybridized carbons (Fsp3) is 0.417. The number of nitrogens with one attached hydrogen (secondary N) is 1. The predicted molar refractivity (Wildman–Crippen MR) is 122 cm³/mol. The van der Waals surface area contributed by atoms with Gasteiger partial charge in [-0.3, -0.25) is 9.48 Å². The number of hydrogen-bond acceptors (Lipinski definition) is 6. The van der Waals surface area contributed by atoms with E-state index in [1.165, 1.54) is 19.5 Å². The van der Waals surface area contributed by atoms with Gasteiger partial charge in [-0.05, 0) is 29.5 Å². The lowest BCUT2D eigenvalue weighted by atomic mass is 9.76. The lowest BCUT2D eigenvalue weighted by Crippen LogP contribution is -2.41. The molecule has 2 unspecified atom stereocenters. The molecule has 2 aliphatic rings. The molecule has 1 N–H and O–H groups in total. The van der Waals surface area contributed by atoms with Crippen LogP contribution in [0.25, 0.3) is 0 Å². The Balaban J connectivity index is 0.00000125. The van der Waals surface area contributed by atoms with E-state index in [0.717, 1.165) is 18.1 Å². The van der Waals surface area contributed by atoms with E-state index < -0.39 is 23.7 Å². The van der Waals surface area contributed by atoms with Crippen LogP contribution in [0, 0.1) is 11.2 Å². The van der Waals surface area contributed by atoms with E-state index in [4.69, 9.17) is 4.74 Å². The summed E-state index contributed by atoms with van der Waals surface area (Å²) in [5.41, 5.74) is 1.19. The topological polar surface area (TPSA) is 86.1 Å². The third-order valence-electron chi connectivity index (χ3n) is 5.66. The lowest BCUT2D eigenvalue weighted by Gasteiger charge is -2.36. The number of fused-ring (bicyclic) bond motifs is 1. The van der Waals surface area contributed by atoms with Crippen molar-refractivity contribution in [2.45, 2.75) is 46.1 Å². The number of nitrogens with zero attached hydrogens (tertiary/aromatic N) is 3. The van der Waals surface area contributed by atoms with E-state index in [2.05, 4.69) is 41.4 Å². The number of benzene rings is 1. The Morgan fingerprint density at radius 1 is 1.34 bits per heavy atom. The number of anilines is 1. The Morgan fingerprint density at radius 2 is 2.06 bits per heavy atom. The van der Waals surface area contributed by atoms with E-state index in [0.29, 0.717) is 5.82 Å². The number of hydrogen-bond donors (Lipinski definition) is 1. The average molecular weight is 443 g/mol. The van der Waals surface area contributed by atoms with Gasteiger partial charge in [0.1, 0.15) is 23.9 Å². The van der Waals surface area contributed by atoms with Crippen molar-refractivity contribution in [2.75, 3.05) is 12.4 Å². The summed E-state index contributed by atoms with van der Waals surface area (Å²) in [6, 6.07) is 1.78. The molecule has 1 aliphatic carbocycles. The van der Waals surface area contributed by atoms with E-state index >= 15 is 0 Å². The van der Waals surface area contributed by atoms with Crippen molar-refractivity contribution in [3.63, 3.8) is 0 Å². The number of ketones is 1. The highest BCUT2D eigenvalue weighted by Crippen LogP contribution is 2.41. The van der Waals surface area contributed by atoms with Gasteiger partial charge < -0.3 is 10.1 Å². The monoisotopic (exact) mass is 442 g/mol. The van der Waals surface area contributed by atoms with Gasteiger partial charge >= 0.3 is 5.97 Å². The molecule has 1 aliphatic heterocycles. The van der Waals surface area contributed by atoms with Crippen LogP contribution in [0.1, 0.15) is 68.0 Å². The van der Waals surface area contributed by atoms with Crippen LogP contribution in [0.15, 0.2) is 42.3 Å². The maximum atomic E-state index is 14.3. The first-order chi connectivity index (χ1) is 15.2. The minimum Gasteiger partial charge on any atom is -0.465 e. The Labute approximate surface area is 188 Å². The number of halogens is 1. The van der Waals surface area contributed by atoms with Crippen LogP contribution in [0.5, 0.6) is 0 Å². The first-order valence-corrected chi connectivity index (χ1v) is 10.7. The smallest absolute Gasteiger partial charge is 0.338 e. The van der Waals surface area contributed by atoms with Crippen molar-refractivity contribution in [3.8, 4) is 0 Å². The zero-order valence-electron chi connectivity index (χ0n) is 19.3. The number of ether oxygens (including phenoxy) is 1. The molecule has 172 valence electrons. The molecule has 0 bridgehead atoms. The molecule has 0 amide bonds. The van der Waals surface area contributed by atoms with Gasteiger partial charge in [-0.15, -0.1) is 0 Å². The molecule has 0 radical (unpaired) electrons. The van der Waals surface area contributed by atoms with Crippen molar-refractivity contribution in [1.29, 1.82) is 0 Å². The van der Waals surface area contributed by atoms with Gasteiger partial charge in [-0.25, -0.2) is 14.2 Å². The number of methoxy groups -OCH3 is 1. The number of aromatic nitrogens is 3. The lowest BCUT2D eigenvalue weighted by molar-refractivity contribution is 0.0595. The van der Waals surface area contributed by atoms with Crippen LogP contribution in [0.2, 0.25) is 0 Å². The Hall–Kier alpha value is -3.29. The number of rotatable bonds is 3. The maximum absolute atomic E-state index is 14.3. The number of esters is 1. The summed E-state index contributed by atoms with van der Waals surface area (Å²) in [6.07, 6.45) is 8.36. The normalized spacial score (nSPS) is 21.0. The molecule has 32 heavy (non-hydrogen) atoms. The average Bonchev–Trinajstić information content (AvgIpc) is 3.19. The molecule has 4 rings (SSSR count). The molecule has 1 aromatic heterocycles. The van der Waals surface area contributed by atoms with Crippen molar-refractivity contribution < 1.29 is 20.1 Å². The molecule has 0 fully saturated rings. The van der Waals surface area contributed by atoms with Gasteiger partial charge in [-0.2, -0.15) is 5.10 Å². The van der Waals surface area contributed by atoms with Gasteiger partial charge in [0, 0.05) is 14.2 Å². The zero-order chi connectivity index (χ0) is 23.6. The third kappa shape index (κ3) is 4.22. The largest absolute Gasteiger partial charge is 0.465 e. The number of carbonyl (C=O) groups excluding carboxylic acids is 2. The summed E-state index contributed by atoms with van der Waals surface area (Å²) in [5.74, 6) is -2.00. The van der Waals surface area contributed by atoms with E-state index in [1.54, 1.807) is 11.7 Å². The quantitative estimate of drug-likeness (QED) is 0.695. The second kappa shape index (κ2) is 9.06. The highest BCUT2D eigenvalue weighted by atomic mass is 19.1. The van der Waals surface area contributed by atoms with Crippen LogP contribution in [0.4, 0.5) is 10.1 Å². The molecular weight excluding hydrogens is 411 g/mol. The minimum atomic E-state index is -0.769. The van der Waals surface area contributed by atoms with E-state index in [-0.39, 0.29) is 29.4 Å². The molecule has 0 spiro atoms. The van der Waals surface area contributed by atoms with Crippen molar-refractivity contribution in [3.05, 3.63) is 65.0 Å². The number of allylic oxidation sites excluding steroid dienone is 2.